The van der Waals surface area contributed by atoms with E-state index in [4.69, 9.17) is 0 Å². The minimum Gasteiger partial charge on any atom is -0.322 e. The van der Waals surface area contributed by atoms with Crippen LogP contribution in [-0.4, -0.2) is 81.3 Å². The number of ketones is 1. The van der Waals surface area contributed by atoms with E-state index in [1.54, 1.807) is 36.4 Å². The van der Waals surface area contributed by atoms with E-state index < -0.39 is 99.9 Å². The molecule has 0 radical (unpaired) electrons. The third-order valence-corrected chi connectivity index (χ3v) is 17.2. The lowest BCUT2D eigenvalue weighted by Crippen LogP contribution is -2.21. The van der Waals surface area contributed by atoms with Crippen molar-refractivity contribution < 1.29 is 75.9 Å². The predicted octanol–water partition coefficient (Wildman–Crippen LogP) is 10.2. The van der Waals surface area contributed by atoms with Gasteiger partial charge in [0.15, 0.2) is 0 Å². The van der Waals surface area contributed by atoms with Gasteiger partial charge in [-0.3, -0.25) is 42.2 Å². The molecule has 0 bridgehead atoms. The molecular formula is C60H56N4O17S4. The number of aryl methyl sites for hydroxylation is 1. The van der Waals surface area contributed by atoms with Crippen molar-refractivity contribution >= 4 is 114 Å². The van der Waals surface area contributed by atoms with Crippen LogP contribution in [0, 0.1) is 6.92 Å². The van der Waals surface area contributed by atoms with Crippen molar-refractivity contribution in [2.75, 3.05) is 21.3 Å². The van der Waals surface area contributed by atoms with Gasteiger partial charge in [0.25, 0.3) is 64.1 Å². The first-order valence-electron chi connectivity index (χ1n) is 25.7. The van der Waals surface area contributed by atoms with Gasteiger partial charge in [0.05, 0.1) is 11.4 Å². The van der Waals surface area contributed by atoms with Crippen molar-refractivity contribution in [2.24, 2.45) is 0 Å². The fourth-order valence-electron chi connectivity index (χ4n) is 9.81. The first-order chi connectivity index (χ1) is 39.4. The van der Waals surface area contributed by atoms with E-state index in [9.17, 15) is 75.9 Å². The molecule has 8 aromatic rings. The van der Waals surface area contributed by atoms with Gasteiger partial charge in [0, 0.05) is 68.0 Å². The number of carbonyl (C=O) groups excluding carboxylic acids is 5. The first-order valence-corrected chi connectivity index (χ1v) is 31.4. The minimum atomic E-state index is -5.01. The first kappa shape index (κ1) is 62.5. The Labute approximate surface area is 489 Å². The molecule has 0 aromatic heterocycles. The zero-order chi connectivity index (χ0) is 62.5. The van der Waals surface area contributed by atoms with E-state index >= 15 is 0 Å². The highest BCUT2D eigenvalue weighted by molar-refractivity contribution is 7.87. The maximum atomic E-state index is 14.0. The fraction of sp³-hybridized carbons (Fsp3) is 0.183. The van der Waals surface area contributed by atoms with Crippen molar-refractivity contribution in [3.8, 4) is 0 Å². The standard InChI is InChI=1S/C60H56N4O17S4/c1-33-25-42-50(83(73,74)75)24-22-46(54(42)52(26-33)85(79,80)81)62-58(69)39-18-20-44(60(5,6)7)48(32-39)64-56(67)37-14-9-12-35(28-37)30-40(65)29-34-11-8-13-36(27-34)55(66)63-47-31-38(17-19-43(47)59(2,3)4)57(68)61-45-21-23-49(82(70,71)72)41-15-10-16-51(53(41)45)84(76,77)78/h8-28,31-32H,29-30H2,1-7H3,(H,61,68)(H,62,69)(H,63,66)(H,64,67)(H,70,71,72)(H,73,74,75)(H,76,77,78)(H,79,80,81). The predicted molar refractivity (Wildman–Crippen MR) is 319 cm³/mol. The van der Waals surface area contributed by atoms with Gasteiger partial charge in [-0.25, -0.2) is 0 Å². The van der Waals surface area contributed by atoms with E-state index in [0.717, 1.165) is 42.5 Å². The summed E-state index contributed by atoms with van der Waals surface area (Å²) in [6.07, 6.45) is -0.249. The summed E-state index contributed by atoms with van der Waals surface area (Å²) in [6, 6.07) is 31.3. The Morgan fingerprint density at radius 2 is 0.741 bits per heavy atom. The molecule has 0 aliphatic heterocycles. The van der Waals surface area contributed by atoms with Crippen LogP contribution in [0.4, 0.5) is 22.7 Å². The Morgan fingerprint density at radius 3 is 1.14 bits per heavy atom. The lowest BCUT2D eigenvalue weighted by atomic mass is 9.85. The molecule has 85 heavy (non-hydrogen) atoms. The van der Waals surface area contributed by atoms with Gasteiger partial charge >= 0.3 is 0 Å². The Hall–Kier alpha value is -8.53. The van der Waals surface area contributed by atoms with Gasteiger partial charge in [-0.1, -0.05) is 90.1 Å². The van der Waals surface area contributed by atoms with Gasteiger partial charge in [0.1, 0.15) is 25.4 Å². The summed E-state index contributed by atoms with van der Waals surface area (Å²) in [4.78, 5) is 66.7. The molecule has 8 aromatic carbocycles. The second-order valence-electron chi connectivity index (χ2n) is 22.1. The van der Waals surface area contributed by atoms with Crippen molar-refractivity contribution in [1.82, 2.24) is 0 Å². The number of nitrogens with one attached hydrogen (secondary N) is 4. The van der Waals surface area contributed by atoms with Crippen LogP contribution in [0.2, 0.25) is 0 Å². The lowest BCUT2D eigenvalue weighted by molar-refractivity contribution is -0.117. The average molecular weight is 1230 g/mol. The summed E-state index contributed by atoms with van der Waals surface area (Å²) < 4.78 is 139. The van der Waals surface area contributed by atoms with Gasteiger partial charge in [0.2, 0.25) is 0 Å². The molecule has 0 unspecified atom stereocenters. The molecule has 0 aliphatic rings. The number of Topliss-reactive ketones (excluding diaryl/α,β-unsaturated/α-hetero) is 1. The number of rotatable bonds is 16. The molecule has 4 amide bonds. The summed E-state index contributed by atoms with van der Waals surface area (Å²) in [6.45, 7) is 12.7. The van der Waals surface area contributed by atoms with Crippen molar-refractivity contribution in [1.29, 1.82) is 0 Å². The molecule has 0 fully saturated rings. The van der Waals surface area contributed by atoms with Crippen molar-refractivity contribution in [3.05, 3.63) is 190 Å². The monoisotopic (exact) mass is 1230 g/mol. The maximum Gasteiger partial charge on any atom is 0.295 e. The van der Waals surface area contributed by atoms with Crippen LogP contribution in [0.3, 0.4) is 0 Å². The highest BCUT2D eigenvalue weighted by Gasteiger charge is 2.29. The molecule has 21 nitrogen and oxygen atoms in total. The molecule has 8 N–H and O–H groups in total. The largest absolute Gasteiger partial charge is 0.322 e. The number of fused-ring (bicyclic) bond motifs is 2. The van der Waals surface area contributed by atoms with Crippen LogP contribution < -0.4 is 21.3 Å². The Morgan fingerprint density at radius 1 is 0.376 bits per heavy atom. The highest BCUT2D eigenvalue weighted by atomic mass is 32.2. The smallest absolute Gasteiger partial charge is 0.295 e. The van der Waals surface area contributed by atoms with E-state index in [1.807, 2.05) is 41.5 Å². The summed E-state index contributed by atoms with van der Waals surface area (Å²) in [5, 5.41) is 9.48. The topological polar surface area (TPSA) is 351 Å². The molecule has 442 valence electrons. The van der Waals surface area contributed by atoms with E-state index in [0.29, 0.717) is 22.3 Å². The van der Waals surface area contributed by atoms with Crippen LogP contribution in [0.15, 0.2) is 159 Å². The fourth-order valence-corrected chi connectivity index (χ4v) is 12.7. The molecule has 0 atom stereocenters. The molecule has 0 aliphatic carbocycles. The molecular weight excluding hydrogens is 1180 g/mol. The van der Waals surface area contributed by atoms with E-state index in [2.05, 4.69) is 21.3 Å². The summed E-state index contributed by atoms with van der Waals surface area (Å²) in [7, 11) is -19.8. The summed E-state index contributed by atoms with van der Waals surface area (Å²) in [5.74, 6) is -3.13. The molecule has 8 rings (SSSR count). The van der Waals surface area contributed by atoms with Crippen molar-refractivity contribution in [2.45, 2.75) is 91.7 Å². The number of carbonyl (C=O) groups is 5. The number of hydrogen-bond donors (Lipinski definition) is 8. The van der Waals surface area contributed by atoms with E-state index in [-0.39, 0.29) is 85.4 Å². The normalized spacial score (nSPS) is 12.4. The van der Waals surface area contributed by atoms with Crippen molar-refractivity contribution in [3.63, 3.8) is 0 Å². The summed E-state index contributed by atoms with van der Waals surface area (Å²) in [5.41, 5.74) is 1.47. The lowest BCUT2D eigenvalue weighted by Gasteiger charge is -2.24. The van der Waals surface area contributed by atoms with Crippen LogP contribution in [-0.2, 0) is 68.9 Å². The Balaban J connectivity index is 0.979. The van der Waals surface area contributed by atoms with Crippen LogP contribution in [0.1, 0.15) is 111 Å². The quantitative estimate of drug-likeness (QED) is 0.0417. The zero-order valence-corrected chi connectivity index (χ0v) is 49.7. The second kappa shape index (κ2) is 23.1. The number of benzene rings is 8. The average Bonchev–Trinajstić information content (AvgIpc) is 1.82. The molecule has 25 heteroatoms. The SMILES string of the molecule is Cc1cc(S(=O)(=O)O)c2c(NC(=O)c3ccc(C(C)(C)C)c(NC(=O)c4cccc(CC(=O)Cc5cccc(C(=O)Nc6cc(C(=O)Nc7ccc(S(=O)(=O)O)c8cccc(S(=O)(=O)O)c78)ccc6C(C)(C)C)c5)c4)c3)ccc(S(=O)(=O)O)c2c1. The van der Waals surface area contributed by atoms with Gasteiger partial charge < -0.3 is 21.3 Å². The van der Waals surface area contributed by atoms with Crippen LogP contribution in [0.5, 0.6) is 0 Å². The van der Waals surface area contributed by atoms with E-state index in [1.165, 1.54) is 67.6 Å². The molecule has 0 spiro atoms. The van der Waals surface area contributed by atoms with Gasteiger partial charge in [-0.2, -0.15) is 33.7 Å². The number of amides is 4. The molecule has 0 saturated carbocycles. The Bertz CT molecular complexity index is 4630. The van der Waals surface area contributed by atoms with Crippen LogP contribution >= 0.6 is 0 Å². The van der Waals surface area contributed by atoms with Gasteiger partial charge in [-0.05, 0) is 137 Å². The molecule has 0 saturated heterocycles. The number of anilines is 4. The highest BCUT2D eigenvalue weighted by Crippen LogP contribution is 2.39. The third-order valence-electron chi connectivity index (χ3n) is 13.6. The maximum absolute atomic E-state index is 14.0. The minimum absolute atomic E-state index is 0.0225. The zero-order valence-electron chi connectivity index (χ0n) is 46.4. The Kier molecular flexibility index (Phi) is 17.0. The summed E-state index contributed by atoms with van der Waals surface area (Å²) >= 11 is 0. The third kappa shape index (κ3) is 14.2. The number of hydrogen-bond acceptors (Lipinski definition) is 13. The van der Waals surface area contributed by atoms with Crippen LogP contribution in [0.25, 0.3) is 21.5 Å². The second-order valence-corrected chi connectivity index (χ2v) is 27.7. The molecule has 0 heterocycles. The van der Waals surface area contributed by atoms with Gasteiger partial charge in [-0.15, -0.1) is 0 Å².